The molecule has 0 bridgehead atoms. The molecule has 124 valence electrons. The van der Waals surface area contributed by atoms with Gasteiger partial charge in [-0.2, -0.15) is 17.9 Å². The lowest BCUT2D eigenvalue weighted by Crippen LogP contribution is -2.44. The highest BCUT2D eigenvalue weighted by Crippen LogP contribution is 2.35. The zero-order valence-electron chi connectivity index (χ0n) is 11.5. The molecule has 0 saturated heterocycles. The summed E-state index contributed by atoms with van der Waals surface area (Å²) >= 11 is 5.41. The lowest BCUT2D eigenvalue weighted by atomic mass is 10.1. The Balaban J connectivity index is 3.27. The molecule has 0 aromatic heterocycles. The first-order chi connectivity index (χ1) is 9.86. The van der Waals surface area contributed by atoms with Gasteiger partial charge in [0.15, 0.2) is 0 Å². The Hall–Kier alpha value is -1.32. The quantitative estimate of drug-likeness (QED) is 0.846. The number of carbonyl (C=O) groups is 1. The minimum absolute atomic E-state index is 0.365. The Morgan fingerprint density at radius 2 is 1.86 bits per heavy atom. The summed E-state index contributed by atoms with van der Waals surface area (Å²) in [4.78, 5) is 10.3. The maximum atomic E-state index is 12.7. The van der Waals surface area contributed by atoms with E-state index in [-0.39, 0.29) is 0 Å². The van der Waals surface area contributed by atoms with Gasteiger partial charge in [0.05, 0.1) is 15.5 Å². The summed E-state index contributed by atoms with van der Waals surface area (Å²) in [5.41, 5.74) is -1.31. The molecule has 0 aliphatic rings. The molecule has 2 N–H and O–H groups in total. The van der Waals surface area contributed by atoms with Crippen molar-refractivity contribution in [1.29, 1.82) is 0 Å². The number of aliphatic carboxylic acids is 1. The molecule has 0 heterocycles. The smallest absolute Gasteiger partial charge is 0.417 e. The maximum absolute atomic E-state index is 12.7. The average molecular weight is 360 g/mol. The molecule has 0 radical (unpaired) electrons. The number of nitrogens with one attached hydrogen (secondary N) is 1. The highest BCUT2D eigenvalue weighted by molar-refractivity contribution is 7.89. The Morgan fingerprint density at radius 1 is 1.32 bits per heavy atom. The fourth-order valence-corrected chi connectivity index (χ4v) is 3.18. The van der Waals surface area contributed by atoms with Crippen LogP contribution in [-0.4, -0.2) is 25.5 Å². The van der Waals surface area contributed by atoms with E-state index in [0.29, 0.717) is 6.07 Å². The van der Waals surface area contributed by atoms with Crippen LogP contribution in [0.5, 0.6) is 0 Å². The van der Waals surface area contributed by atoms with Crippen LogP contribution in [0.15, 0.2) is 23.1 Å². The van der Waals surface area contributed by atoms with Crippen molar-refractivity contribution in [1.82, 2.24) is 4.72 Å². The number of benzene rings is 1. The van der Waals surface area contributed by atoms with Crippen molar-refractivity contribution < 1.29 is 31.5 Å². The van der Waals surface area contributed by atoms with E-state index in [1.807, 2.05) is 4.72 Å². The maximum Gasteiger partial charge on any atom is 0.417 e. The second-order valence-electron chi connectivity index (χ2n) is 4.82. The predicted molar refractivity (Wildman–Crippen MR) is 73.0 cm³/mol. The Bertz CT molecular complexity index is 673. The highest BCUT2D eigenvalue weighted by Gasteiger charge is 2.35. The molecule has 0 fully saturated rings. The first kappa shape index (κ1) is 18.7. The van der Waals surface area contributed by atoms with Gasteiger partial charge in [-0.3, -0.25) is 4.79 Å². The summed E-state index contributed by atoms with van der Waals surface area (Å²) in [7, 11) is -4.44. The standard InChI is InChI=1S/C12H13ClF3NO4S/c1-6(2)10(11(18)19)17-22(20,21)7-3-4-9(13)8(5-7)12(14,15)16/h3-6,10,17H,1-2H3,(H,18,19)/t10-/m1/s1. The molecule has 0 aliphatic carbocycles. The van der Waals surface area contributed by atoms with E-state index in [9.17, 15) is 26.4 Å². The van der Waals surface area contributed by atoms with Crippen molar-refractivity contribution in [3.63, 3.8) is 0 Å². The first-order valence-corrected chi connectivity index (χ1v) is 7.84. The van der Waals surface area contributed by atoms with Gasteiger partial charge >= 0.3 is 12.1 Å². The SMILES string of the molecule is CC(C)[C@@H](NS(=O)(=O)c1ccc(Cl)c(C(F)(F)F)c1)C(=O)O. The van der Waals surface area contributed by atoms with Crippen LogP contribution in [-0.2, 0) is 21.0 Å². The zero-order chi connectivity index (χ0) is 17.3. The van der Waals surface area contributed by atoms with Crippen LogP contribution in [0.4, 0.5) is 13.2 Å². The monoisotopic (exact) mass is 359 g/mol. The molecule has 1 rings (SSSR count). The third-order valence-corrected chi connectivity index (χ3v) is 4.54. The Kier molecular flexibility index (Phi) is 5.47. The van der Waals surface area contributed by atoms with Crippen LogP contribution in [0.1, 0.15) is 19.4 Å². The van der Waals surface area contributed by atoms with Crippen LogP contribution >= 0.6 is 11.6 Å². The minimum Gasteiger partial charge on any atom is -0.480 e. The van der Waals surface area contributed by atoms with Gasteiger partial charge in [0.1, 0.15) is 6.04 Å². The van der Waals surface area contributed by atoms with E-state index in [1.54, 1.807) is 0 Å². The van der Waals surface area contributed by atoms with Crippen LogP contribution in [0.25, 0.3) is 0 Å². The molecule has 0 aliphatic heterocycles. The first-order valence-electron chi connectivity index (χ1n) is 5.98. The van der Waals surface area contributed by atoms with Gasteiger partial charge in [-0.05, 0) is 24.1 Å². The predicted octanol–water partition coefficient (Wildman–Crippen LogP) is 2.75. The second-order valence-corrected chi connectivity index (χ2v) is 6.94. The van der Waals surface area contributed by atoms with Crippen molar-refractivity contribution in [3.05, 3.63) is 28.8 Å². The van der Waals surface area contributed by atoms with E-state index in [4.69, 9.17) is 16.7 Å². The Morgan fingerprint density at radius 3 is 2.27 bits per heavy atom. The van der Waals surface area contributed by atoms with E-state index in [1.165, 1.54) is 13.8 Å². The number of alkyl halides is 3. The van der Waals surface area contributed by atoms with E-state index >= 15 is 0 Å². The van der Waals surface area contributed by atoms with Gasteiger partial charge in [0, 0.05) is 0 Å². The van der Waals surface area contributed by atoms with Crippen molar-refractivity contribution in [2.45, 2.75) is 31.0 Å². The molecule has 10 heteroatoms. The molecule has 22 heavy (non-hydrogen) atoms. The molecule has 0 unspecified atom stereocenters. The topological polar surface area (TPSA) is 83.5 Å². The van der Waals surface area contributed by atoms with Crippen molar-refractivity contribution in [2.24, 2.45) is 5.92 Å². The molecule has 0 spiro atoms. The van der Waals surface area contributed by atoms with Crippen LogP contribution in [0.3, 0.4) is 0 Å². The third kappa shape index (κ3) is 4.34. The second kappa shape index (κ2) is 6.43. The third-order valence-electron chi connectivity index (χ3n) is 2.77. The number of carboxylic acids is 1. The largest absolute Gasteiger partial charge is 0.480 e. The normalized spacial score (nSPS) is 14.1. The van der Waals surface area contributed by atoms with Crippen LogP contribution in [0.2, 0.25) is 5.02 Å². The van der Waals surface area contributed by atoms with E-state index in [2.05, 4.69) is 0 Å². The zero-order valence-corrected chi connectivity index (χ0v) is 13.1. The molecule has 1 aromatic carbocycles. The number of carboxylic acid groups (broad SMARTS) is 1. The number of hydrogen-bond acceptors (Lipinski definition) is 3. The van der Waals surface area contributed by atoms with Gasteiger partial charge in [0.2, 0.25) is 10.0 Å². The number of sulfonamides is 1. The molecular formula is C12H13ClF3NO4S. The number of rotatable bonds is 5. The summed E-state index contributed by atoms with van der Waals surface area (Å²) < 4.78 is 64.2. The van der Waals surface area contributed by atoms with Crippen LogP contribution < -0.4 is 4.72 Å². The summed E-state index contributed by atoms with van der Waals surface area (Å²) in [5, 5.41) is 8.31. The summed E-state index contributed by atoms with van der Waals surface area (Å²) in [6, 6.07) is 0.572. The van der Waals surface area contributed by atoms with Gasteiger partial charge in [-0.15, -0.1) is 0 Å². The van der Waals surface area contributed by atoms with E-state index in [0.717, 1.165) is 12.1 Å². The summed E-state index contributed by atoms with van der Waals surface area (Å²) in [6.07, 6.45) is -4.83. The highest BCUT2D eigenvalue weighted by atomic mass is 35.5. The van der Waals surface area contributed by atoms with E-state index < -0.39 is 49.6 Å². The average Bonchev–Trinajstić information content (AvgIpc) is 2.34. The lowest BCUT2D eigenvalue weighted by molar-refractivity contribution is -0.140. The number of halogens is 4. The molecule has 1 atom stereocenters. The van der Waals surface area contributed by atoms with Gasteiger partial charge in [-0.1, -0.05) is 25.4 Å². The molecule has 5 nitrogen and oxygen atoms in total. The van der Waals surface area contributed by atoms with Crippen molar-refractivity contribution in [3.8, 4) is 0 Å². The minimum atomic E-state index is -4.83. The molecule has 0 saturated carbocycles. The molecular weight excluding hydrogens is 347 g/mol. The summed E-state index contributed by atoms with van der Waals surface area (Å²) in [5.74, 6) is -2.02. The van der Waals surface area contributed by atoms with Crippen LogP contribution in [0, 0.1) is 5.92 Å². The van der Waals surface area contributed by atoms with Gasteiger partial charge in [-0.25, -0.2) is 8.42 Å². The van der Waals surface area contributed by atoms with Crippen molar-refractivity contribution in [2.75, 3.05) is 0 Å². The fourth-order valence-electron chi connectivity index (χ4n) is 1.60. The van der Waals surface area contributed by atoms with Gasteiger partial charge < -0.3 is 5.11 Å². The molecule has 1 aromatic rings. The summed E-state index contributed by atoms with van der Waals surface area (Å²) in [6.45, 7) is 2.93. The fraction of sp³-hybridized carbons (Fsp3) is 0.417. The van der Waals surface area contributed by atoms with Gasteiger partial charge in [0.25, 0.3) is 0 Å². The van der Waals surface area contributed by atoms with Crippen molar-refractivity contribution >= 4 is 27.6 Å². The molecule has 0 amide bonds. The lowest BCUT2D eigenvalue weighted by Gasteiger charge is -2.18. The Labute approximate surface area is 130 Å². The number of hydrogen-bond donors (Lipinski definition) is 2.